The van der Waals surface area contributed by atoms with E-state index in [0.29, 0.717) is 0 Å². The molecule has 0 radical (unpaired) electrons. The first-order chi connectivity index (χ1) is 7.60. The first kappa shape index (κ1) is 10.6. The zero-order valence-corrected chi connectivity index (χ0v) is 11.8. The molecule has 82 valence electrons. The molecule has 0 fully saturated rings. The molecule has 0 saturated heterocycles. The van der Waals surface area contributed by atoms with Crippen LogP contribution in [0.1, 0.15) is 37.8 Å². The maximum absolute atomic E-state index is 2.41. The molecule has 1 heteroatoms. The third kappa shape index (κ3) is 1.33. The van der Waals surface area contributed by atoms with Crippen LogP contribution in [-0.2, 0) is 5.41 Å². The number of halogens is 1. The summed E-state index contributed by atoms with van der Waals surface area (Å²) in [6.45, 7) is 4.73. The van der Waals surface area contributed by atoms with Crippen molar-refractivity contribution in [3.63, 3.8) is 0 Å². The highest BCUT2D eigenvalue weighted by Crippen LogP contribution is 2.50. The molecule has 0 nitrogen and oxygen atoms in total. The molecule has 3 rings (SSSR count). The summed E-state index contributed by atoms with van der Waals surface area (Å²) < 4.78 is 1.34. The van der Waals surface area contributed by atoms with Gasteiger partial charge in [0, 0.05) is 8.99 Å². The van der Waals surface area contributed by atoms with E-state index >= 15 is 0 Å². The van der Waals surface area contributed by atoms with E-state index in [2.05, 4.69) is 66.8 Å². The van der Waals surface area contributed by atoms with E-state index in [1.807, 2.05) is 0 Å². The molecule has 0 heterocycles. The van der Waals surface area contributed by atoms with Gasteiger partial charge in [-0.25, -0.2) is 0 Å². The van der Waals surface area contributed by atoms with Crippen LogP contribution in [0.3, 0.4) is 0 Å². The summed E-state index contributed by atoms with van der Waals surface area (Å²) in [5, 5.41) is 0. The monoisotopic (exact) mass is 322 g/mol. The van der Waals surface area contributed by atoms with Crippen molar-refractivity contribution in [2.45, 2.75) is 32.1 Å². The van der Waals surface area contributed by atoms with E-state index in [-0.39, 0.29) is 5.41 Å². The Morgan fingerprint density at radius 3 is 2.88 bits per heavy atom. The second-order valence-electron chi connectivity index (χ2n) is 5.15. The van der Waals surface area contributed by atoms with Gasteiger partial charge in [0.1, 0.15) is 0 Å². The molecule has 0 aliphatic heterocycles. The van der Waals surface area contributed by atoms with E-state index in [4.69, 9.17) is 0 Å². The van der Waals surface area contributed by atoms with Gasteiger partial charge in [-0.2, -0.15) is 0 Å². The first-order valence-corrected chi connectivity index (χ1v) is 6.89. The zero-order chi connectivity index (χ0) is 11.3. The smallest absolute Gasteiger partial charge is 0.0133 e. The maximum Gasteiger partial charge on any atom is 0.0133 e. The lowest BCUT2D eigenvalue weighted by Crippen LogP contribution is -2.17. The Balaban J connectivity index is 2.28. The van der Waals surface area contributed by atoms with Crippen molar-refractivity contribution in [2.24, 2.45) is 0 Å². The van der Waals surface area contributed by atoms with Crippen molar-refractivity contribution in [3.8, 4) is 0 Å². The minimum absolute atomic E-state index is 0.233. The van der Waals surface area contributed by atoms with Gasteiger partial charge in [0.05, 0.1) is 0 Å². The molecule has 2 aliphatic carbocycles. The molecule has 0 saturated carbocycles. The molecule has 0 N–H and O–H groups in total. The van der Waals surface area contributed by atoms with E-state index < -0.39 is 0 Å². The fourth-order valence-electron chi connectivity index (χ4n) is 3.00. The van der Waals surface area contributed by atoms with Gasteiger partial charge in [-0.05, 0) is 64.3 Å². The van der Waals surface area contributed by atoms with Gasteiger partial charge < -0.3 is 0 Å². The van der Waals surface area contributed by atoms with Crippen molar-refractivity contribution in [3.05, 3.63) is 50.6 Å². The Kier molecular flexibility index (Phi) is 2.29. The Labute approximate surface area is 111 Å². The second kappa shape index (κ2) is 3.46. The summed E-state index contributed by atoms with van der Waals surface area (Å²) in [7, 11) is 0. The molecule has 0 amide bonds. The topological polar surface area (TPSA) is 0 Å². The number of fused-ring (bicyclic) bond motifs is 2. The number of hydrogen-bond donors (Lipinski definition) is 0. The summed E-state index contributed by atoms with van der Waals surface area (Å²) in [4.78, 5) is 0. The maximum atomic E-state index is 2.41. The zero-order valence-electron chi connectivity index (χ0n) is 9.68. The van der Waals surface area contributed by atoms with E-state index in [1.165, 1.54) is 33.1 Å². The summed E-state index contributed by atoms with van der Waals surface area (Å²) >= 11 is 2.41. The molecule has 16 heavy (non-hydrogen) atoms. The van der Waals surface area contributed by atoms with Crippen LogP contribution < -0.4 is 0 Å². The highest BCUT2D eigenvalue weighted by Gasteiger charge is 2.36. The molecule has 0 bridgehead atoms. The van der Waals surface area contributed by atoms with E-state index in [9.17, 15) is 0 Å². The molecular weight excluding hydrogens is 307 g/mol. The predicted octanol–water partition coefficient (Wildman–Crippen LogP) is 4.69. The lowest BCUT2D eigenvalue weighted by molar-refractivity contribution is 0.607. The fourth-order valence-corrected chi connectivity index (χ4v) is 3.49. The predicted molar refractivity (Wildman–Crippen MR) is 77.5 cm³/mol. The van der Waals surface area contributed by atoms with Crippen LogP contribution >= 0.6 is 22.6 Å². The average molecular weight is 322 g/mol. The van der Waals surface area contributed by atoms with Crippen molar-refractivity contribution < 1.29 is 0 Å². The Morgan fingerprint density at radius 2 is 2.06 bits per heavy atom. The summed E-state index contributed by atoms with van der Waals surface area (Å²) in [6.07, 6.45) is 7.05. The van der Waals surface area contributed by atoms with Crippen LogP contribution in [0.5, 0.6) is 0 Å². The summed E-state index contributed by atoms with van der Waals surface area (Å²) in [5.41, 5.74) is 6.32. The van der Waals surface area contributed by atoms with Crippen LogP contribution in [0.15, 0.2) is 35.9 Å². The van der Waals surface area contributed by atoms with Gasteiger partial charge in [-0.15, -0.1) is 0 Å². The third-order valence-electron chi connectivity index (χ3n) is 3.87. The average Bonchev–Trinajstić information content (AvgIpc) is 2.49. The normalized spacial score (nSPS) is 20.9. The fraction of sp³-hybridized carbons (Fsp3) is 0.333. The minimum Gasteiger partial charge on any atom is -0.0836 e. The SMILES string of the molecule is CC1(C)C2=C(C=CCC2)c2ccc(I)cc21. The van der Waals surface area contributed by atoms with E-state index in [1.54, 1.807) is 5.57 Å². The van der Waals surface area contributed by atoms with Gasteiger partial charge >= 0.3 is 0 Å². The summed E-state index contributed by atoms with van der Waals surface area (Å²) in [6, 6.07) is 6.85. The van der Waals surface area contributed by atoms with Gasteiger partial charge in [-0.1, -0.05) is 37.6 Å². The molecule has 0 aromatic heterocycles. The number of allylic oxidation sites excluding steroid dienone is 4. The van der Waals surface area contributed by atoms with Crippen molar-refractivity contribution in [1.82, 2.24) is 0 Å². The van der Waals surface area contributed by atoms with Gasteiger partial charge in [-0.3, -0.25) is 0 Å². The van der Waals surface area contributed by atoms with Crippen LogP contribution in [0.2, 0.25) is 0 Å². The molecule has 2 aliphatic rings. The number of rotatable bonds is 0. The van der Waals surface area contributed by atoms with Crippen LogP contribution in [0.25, 0.3) is 5.57 Å². The van der Waals surface area contributed by atoms with Gasteiger partial charge in [0.15, 0.2) is 0 Å². The summed E-state index contributed by atoms with van der Waals surface area (Å²) in [5.74, 6) is 0. The lowest BCUT2D eigenvalue weighted by atomic mass is 9.79. The largest absolute Gasteiger partial charge is 0.0836 e. The Hall–Kier alpha value is -0.570. The molecule has 1 aromatic rings. The first-order valence-electron chi connectivity index (χ1n) is 5.81. The van der Waals surface area contributed by atoms with Crippen LogP contribution in [0.4, 0.5) is 0 Å². The molecular formula is C15H15I. The van der Waals surface area contributed by atoms with Crippen molar-refractivity contribution in [2.75, 3.05) is 0 Å². The van der Waals surface area contributed by atoms with Crippen molar-refractivity contribution >= 4 is 28.2 Å². The Bertz CT molecular complexity index is 518. The van der Waals surface area contributed by atoms with Gasteiger partial charge in [0.2, 0.25) is 0 Å². The lowest BCUT2D eigenvalue weighted by Gasteiger charge is -2.25. The van der Waals surface area contributed by atoms with Crippen LogP contribution in [-0.4, -0.2) is 0 Å². The molecule has 0 spiro atoms. The third-order valence-corrected chi connectivity index (χ3v) is 4.54. The van der Waals surface area contributed by atoms with Crippen molar-refractivity contribution in [1.29, 1.82) is 0 Å². The highest BCUT2D eigenvalue weighted by molar-refractivity contribution is 14.1. The highest BCUT2D eigenvalue weighted by atomic mass is 127. The minimum atomic E-state index is 0.233. The van der Waals surface area contributed by atoms with E-state index in [0.717, 1.165) is 0 Å². The van der Waals surface area contributed by atoms with Gasteiger partial charge in [0.25, 0.3) is 0 Å². The molecule has 0 unspecified atom stereocenters. The molecule has 0 atom stereocenters. The standard InChI is InChI=1S/C15H15I/c1-15(2)13-6-4-3-5-11(13)12-8-7-10(16)9-14(12)15/h3,5,7-9H,4,6H2,1-2H3. The quantitative estimate of drug-likeness (QED) is 0.608. The number of benzene rings is 1. The number of hydrogen-bond acceptors (Lipinski definition) is 0. The second-order valence-corrected chi connectivity index (χ2v) is 6.39. The molecule has 1 aromatic carbocycles. The van der Waals surface area contributed by atoms with Crippen LogP contribution in [0, 0.1) is 3.57 Å². The Morgan fingerprint density at radius 1 is 1.25 bits per heavy atom.